The fourth-order valence-corrected chi connectivity index (χ4v) is 5.15. The van der Waals surface area contributed by atoms with Crippen LogP contribution in [0.1, 0.15) is 51.9 Å². The fraction of sp³-hybridized carbons (Fsp3) is 0.619. The predicted molar refractivity (Wildman–Crippen MR) is 116 cm³/mol. The van der Waals surface area contributed by atoms with Crippen LogP contribution in [0, 0.1) is 5.92 Å². The van der Waals surface area contributed by atoms with Crippen LogP contribution in [0.3, 0.4) is 0 Å². The molecule has 2 aromatic rings. The van der Waals surface area contributed by atoms with Crippen molar-refractivity contribution < 1.29 is 4.79 Å². The average molecular weight is 416 g/mol. The van der Waals surface area contributed by atoms with Crippen molar-refractivity contribution in [2.45, 2.75) is 58.4 Å². The van der Waals surface area contributed by atoms with Crippen molar-refractivity contribution in [1.29, 1.82) is 0 Å². The number of amides is 1. The van der Waals surface area contributed by atoms with E-state index in [0.717, 1.165) is 43.9 Å². The molecule has 1 fully saturated rings. The van der Waals surface area contributed by atoms with Crippen LogP contribution in [-0.4, -0.2) is 40.1 Å². The van der Waals surface area contributed by atoms with Gasteiger partial charge in [0.05, 0.1) is 0 Å². The van der Waals surface area contributed by atoms with Crippen molar-refractivity contribution in [3.63, 3.8) is 0 Å². The summed E-state index contributed by atoms with van der Waals surface area (Å²) in [5.74, 6) is 0.479. The lowest BCUT2D eigenvalue weighted by Gasteiger charge is -2.30. The summed E-state index contributed by atoms with van der Waals surface area (Å²) in [6, 6.07) is 0. The Morgan fingerprint density at radius 1 is 1.34 bits per heavy atom. The van der Waals surface area contributed by atoms with E-state index in [1.54, 1.807) is 0 Å². The number of rotatable bonds is 6. The molecular weight excluding hydrogens is 386 g/mol. The minimum Gasteiger partial charge on any atom is -0.354 e. The molecule has 156 valence electrons. The van der Waals surface area contributed by atoms with E-state index >= 15 is 0 Å². The molecule has 29 heavy (non-hydrogen) atoms. The second-order valence-corrected chi connectivity index (χ2v) is 9.21. The predicted octanol–water partition coefficient (Wildman–Crippen LogP) is 3.10. The van der Waals surface area contributed by atoms with Gasteiger partial charge in [-0.25, -0.2) is 4.98 Å². The zero-order chi connectivity index (χ0) is 20.2. The van der Waals surface area contributed by atoms with Gasteiger partial charge < -0.3 is 10.2 Å². The maximum absolute atomic E-state index is 12.8. The van der Waals surface area contributed by atoms with Crippen LogP contribution in [-0.2, 0) is 11.3 Å². The number of allylic oxidation sites excluding steroid dienone is 1. The van der Waals surface area contributed by atoms with Crippen molar-refractivity contribution in [3.8, 4) is 0 Å². The third-order valence-corrected chi connectivity index (χ3v) is 6.86. The Morgan fingerprint density at radius 3 is 3.03 bits per heavy atom. The van der Waals surface area contributed by atoms with Crippen molar-refractivity contribution >= 4 is 32.7 Å². The standard InChI is InChI=1S/C21H29N5O2S/c1-15-6-5-11-25(12-15)21-24-19-18(29-21)20(28)26(14-23-19)13-17(27)22-10-9-16-7-3-2-4-8-16/h7,14-15H,2-6,8-13H2,1H3,(H,22,27). The summed E-state index contributed by atoms with van der Waals surface area (Å²) < 4.78 is 1.92. The number of thiazole rings is 1. The fourth-order valence-electron chi connectivity index (χ4n) is 4.15. The van der Waals surface area contributed by atoms with Gasteiger partial charge in [0, 0.05) is 19.6 Å². The summed E-state index contributed by atoms with van der Waals surface area (Å²) >= 11 is 1.39. The quantitative estimate of drug-likeness (QED) is 0.734. The maximum Gasteiger partial charge on any atom is 0.273 e. The Bertz CT molecular complexity index is 964. The van der Waals surface area contributed by atoms with Gasteiger partial charge in [0.25, 0.3) is 5.56 Å². The largest absolute Gasteiger partial charge is 0.354 e. The summed E-state index contributed by atoms with van der Waals surface area (Å²) in [5, 5.41) is 3.79. The Morgan fingerprint density at radius 2 is 2.24 bits per heavy atom. The Labute approximate surface area is 174 Å². The lowest BCUT2D eigenvalue weighted by molar-refractivity contribution is -0.121. The van der Waals surface area contributed by atoms with E-state index < -0.39 is 0 Å². The van der Waals surface area contributed by atoms with E-state index in [1.807, 2.05) is 0 Å². The molecular formula is C21H29N5O2S. The summed E-state index contributed by atoms with van der Waals surface area (Å²) in [4.78, 5) is 36.3. The molecule has 0 radical (unpaired) electrons. The highest BCUT2D eigenvalue weighted by molar-refractivity contribution is 7.22. The molecule has 4 rings (SSSR count). The number of nitrogens with one attached hydrogen (secondary N) is 1. The molecule has 3 heterocycles. The van der Waals surface area contributed by atoms with Gasteiger partial charge in [-0.05, 0) is 50.9 Å². The first kappa shape index (κ1) is 20.1. The topological polar surface area (TPSA) is 80.1 Å². The second-order valence-electron chi connectivity index (χ2n) is 8.23. The van der Waals surface area contributed by atoms with Crippen molar-refractivity contribution in [1.82, 2.24) is 19.9 Å². The normalized spacial score (nSPS) is 20.0. The summed E-state index contributed by atoms with van der Waals surface area (Å²) in [5.41, 5.74) is 1.73. The van der Waals surface area contributed by atoms with Gasteiger partial charge in [-0.3, -0.25) is 14.2 Å². The number of hydrogen-bond donors (Lipinski definition) is 1. The van der Waals surface area contributed by atoms with Gasteiger partial charge in [-0.2, -0.15) is 4.98 Å². The maximum atomic E-state index is 12.8. The minimum atomic E-state index is -0.186. The van der Waals surface area contributed by atoms with Gasteiger partial charge in [-0.15, -0.1) is 0 Å². The first-order chi connectivity index (χ1) is 14.1. The molecule has 8 heteroatoms. The highest BCUT2D eigenvalue weighted by Crippen LogP contribution is 2.29. The molecule has 2 aliphatic rings. The van der Waals surface area contributed by atoms with Crippen LogP contribution in [0.2, 0.25) is 0 Å². The molecule has 0 aromatic carbocycles. The van der Waals surface area contributed by atoms with Gasteiger partial charge >= 0.3 is 0 Å². The number of hydrogen-bond acceptors (Lipinski definition) is 6. The van der Waals surface area contributed by atoms with Gasteiger partial charge in [0.1, 0.15) is 17.6 Å². The number of fused-ring (bicyclic) bond motifs is 1. The average Bonchev–Trinajstić information content (AvgIpc) is 3.16. The monoisotopic (exact) mass is 415 g/mol. The molecule has 1 unspecified atom stereocenters. The number of nitrogens with zero attached hydrogens (tertiary/aromatic N) is 4. The third-order valence-electron chi connectivity index (χ3n) is 5.77. The van der Waals surface area contributed by atoms with E-state index in [9.17, 15) is 9.59 Å². The molecule has 0 bridgehead atoms. The molecule has 0 saturated carbocycles. The van der Waals surface area contributed by atoms with E-state index in [2.05, 4.69) is 33.2 Å². The molecule has 1 atom stereocenters. The summed E-state index contributed by atoms with van der Waals surface area (Å²) in [6.07, 6.45) is 11.8. The molecule has 1 N–H and O–H groups in total. The van der Waals surface area contributed by atoms with E-state index in [4.69, 9.17) is 0 Å². The molecule has 1 saturated heterocycles. The number of carbonyl (C=O) groups is 1. The van der Waals surface area contributed by atoms with Crippen LogP contribution in [0.15, 0.2) is 22.8 Å². The molecule has 1 aliphatic heterocycles. The summed E-state index contributed by atoms with van der Waals surface area (Å²) in [6.45, 7) is 4.79. The lowest BCUT2D eigenvalue weighted by Crippen LogP contribution is -2.34. The smallest absolute Gasteiger partial charge is 0.273 e. The van der Waals surface area contributed by atoms with Crippen molar-refractivity contribution in [2.75, 3.05) is 24.5 Å². The zero-order valence-electron chi connectivity index (χ0n) is 17.0. The first-order valence-corrected chi connectivity index (χ1v) is 11.5. The molecule has 0 spiro atoms. The van der Waals surface area contributed by atoms with E-state index in [1.165, 1.54) is 47.1 Å². The zero-order valence-corrected chi connectivity index (χ0v) is 17.8. The van der Waals surface area contributed by atoms with Gasteiger partial charge in [0.2, 0.25) is 5.91 Å². The molecule has 2 aromatic heterocycles. The lowest BCUT2D eigenvalue weighted by atomic mass is 9.97. The number of aromatic nitrogens is 3. The minimum absolute atomic E-state index is 0.00516. The third kappa shape index (κ3) is 4.86. The molecule has 7 nitrogen and oxygen atoms in total. The highest BCUT2D eigenvalue weighted by Gasteiger charge is 2.21. The Kier molecular flexibility index (Phi) is 6.28. The number of piperidine rings is 1. The van der Waals surface area contributed by atoms with Gasteiger partial charge in [0.15, 0.2) is 10.8 Å². The van der Waals surface area contributed by atoms with Crippen LogP contribution >= 0.6 is 11.3 Å². The second kappa shape index (κ2) is 9.07. The van der Waals surface area contributed by atoms with Crippen LogP contribution in [0.5, 0.6) is 0 Å². The number of carbonyl (C=O) groups excluding carboxylic acids is 1. The Hall–Kier alpha value is -2.22. The SMILES string of the molecule is CC1CCCN(c2nc3ncn(CC(=O)NCCC4=CCCCC4)c(=O)c3s2)C1. The highest BCUT2D eigenvalue weighted by atomic mass is 32.1. The van der Waals surface area contributed by atoms with Crippen molar-refractivity contribution in [3.05, 3.63) is 28.3 Å². The van der Waals surface area contributed by atoms with Crippen molar-refractivity contribution in [2.24, 2.45) is 5.92 Å². The van der Waals surface area contributed by atoms with E-state index in [0.29, 0.717) is 22.8 Å². The number of anilines is 1. The van der Waals surface area contributed by atoms with Gasteiger partial charge in [-0.1, -0.05) is 29.9 Å². The van der Waals surface area contributed by atoms with Crippen LogP contribution in [0.25, 0.3) is 10.3 Å². The Balaban J connectivity index is 1.39. The first-order valence-electron chi connectivity index (χ1n) is 10.7. The van der Waals surface area contributed by atoms with E-state index in [-0.39, 0.29) is 18.0 Å². The molecule has 1 amide bonds. The van der Waals surface area contributed by atoms with Crippen LogP contribution in [0.4, 0.5) is 5.13 Å². The van der Waals surface area contributed by atoms with Crippen LogP contribution < -0.4 is 15.8 Å². The summed E-state index contributed by atoms with van der Waals surface area (Å²) in [7, 11) is 0. The molecule has 1 aliphatic carbocycles.